The zero-order valence-corrected chi connectivity index (χ0v) is 12.1. The van der Waals surface area contributed by atoms with E-state index in [4.69, 9.17) is 0 Å². The average Bonchev–Trinajstić information content (AvgIpc) is 2.80. The van der Waals surface area contributed by atoms with E-state index in [9.17, 15) is 4.79 Å². The van der Waals surface area contributed by atoms with Gasteiger partial charge in [0.1, 0.15) is 5.78 Å². The molecule has 96 valence electrons. The van der Waals surface area contributed by atoms with Crippen molar-refractivity contribution in [3.8, 4) is 0 Å². The van der Waals surface area contributed by atoms with Crippen LogP contribution in [0.15, 0.2) is 12.2 Å². The van der Waals surface area contributed by atoms with Gasteiger partial charge in [0, 0.05) is 5.41 Å². The van der Waals surface area contributed by atoms with E-state index < -0.39 is 0 Å². The summed E-state index contributed by atoms with van der Waals surface area (Å²) in [5, 5.41) is 0. The highest BCUT2D eigenvalue weighted by Crippen LogP contribution is 2.74. The molecule has 3 unspecified atom stereocenters. The molecule has 2 aliphatic rings. The van der Waals surface area contributed by atoms with Crippen LogP contribution in [-0.2, 0) is 4.79 Å². The Kier molecular flexibility index (Phi) is 2.62. The molecule has 3 atom stereocenters. The van der Waals surface area contributed by atoms with Gasteiger partial charge in [0.25, 0.3) is 0 Å². The minimum atomic E-state index is -0.302. The highest BCUT2D eigenvalue weighted by molar-refractivity contribution is 5.83. The number of hydrogen-bond donors (Lipinski definition) is 0. The van der Waals surface area contributed by atoms with Gasteiger partial charge in [-0.15, -0.1) is 0 Å². The summed E-state index contributed by atoms with van der Waals surface area (Å²) in [6, 6.07) is 0. The van der Waals surface area contributed by atoms with Gasteiger partial charge in [-0.2, -0.15) is 0 Å². The Bertz CT molecular complexity index is 375. The van der Waals surface area contributed by atoms with E-state index in [1.54, 1.807) is 6.92 Å². The predicted octanol–water partition coefficient (Wildman–Crippen LogP) is 4.23. The maximum atomic E-state index is 11.5. The average molecular weight is 234 g/mol. The van der Waals surface area contributed by atoms with Gasteiger partial charge in [0.2, 0.25) is 0 Å². The Hall–Kier alpha value is -0.590. The largest absolute Gasteiger partial charge is 0.299 e. The first-order chi connectivity index (χ1) is 7.61. The third-order valence-electron chi connectivity index (χ3n) is 6.00. The maximum absolute atomic E-state index is 11.5. The number of carbonyl (C=O) groups is 1. The van der Waals surface area contributed by atoms with Crippen LogP contribution in [0.5, 0.6) is 0 Å². The second-order valence-electron chi connectivity index (χ2n) is 7.52. The van der Waals surface area contributed by atoms with Crippen LogP contribution in [0.25, 0.3) is 0 Å². The monoisotopic (exact) mass is 234 g/mol. The van der Waals surface area contributed by atoms with E-state index in [2.05, 4.69) is 32.9 Å². The van der Waals surface area contributed by atoms with E-state index in [0.717, 1.165) is 5.92 Å². The van der Waals surface area contributed by atoms with E-state index >= 15 is 0 Å². The molecule has 0 saturated heterocycles. The second-order valence-corrected chi connectivity index (χ2v) is 7.52. The fraction of sp³-hybridized carbons (Fsp3) is 0.812. The molecule has 0 radical (unpaired) electrons. The number of rotatable bonds is 3. The van der Waals surface area contributed by atoms with Crippen LogP contribution >= 0.6 is 0 Å². The zero-order chi connectivity index (χ0) is 13.1. The van der Waals surface area contributed by atoms with Crippen molar-refractivity contribution in [2.45, 2.75) is 54.4 Å². The number of hydrogen-bond acceptors (Lipinski definition) is 1. The van der Waals surface area contributed by atoms with Gasteiger partial charge in [-0.3, -0.25) is 4.79 Å². The van der Waals surface area contributed by atoms with E-state index in [1.807, 2.05) is 13.8 Å². The van der Waals surface area contributed by atoms with Gasteiger partial charge < -0.3 is 0 Å². The lowest BCUT2D eigenvalue weighted by atomic mass is 9.70. The maximum Gasteiger partial charge on any atom is 0.139 e. The van der Waals surface area contributed by atoms with Gasteiger partial charge in [-0.05, 0) is 56.3 Å². The van der Waals surface area contributed by atoms with Gasteiger partial charge in [-0.1, -0.05) is 32.9 Å². The second kappa shape index (κ2) is 3.46. The summed E-state index contributed by atoms with van der Waals surface area (Å²) in [5.41, 5.74) is 0.646. The number of carbonyl (C=O) groups excluding carboxylic acids is 1. The Balaban J connectivity index is 2.12. The minimum Gasteiger partial charge on any atom is -0.299 e. The van der Waals surface area contributed by atoms with Gasteiger partial charge in [-0.25, -0.2) is 0 Å². The fourth-order valence-electron chi connectivity index (χ4n) is 3.40. The van der Waals surface area contributed by atoms with Crippen LogP contribution in [0.2, 0.25) is 0 Å². The minimum absolute atomic E-state index is 0.251. The van der Waals surface area contributed by atoms with Crippen molar-refractivity contribution in [2.24, 2.45) is 28.1 Å². The fourth-order valence-corrected chi connectivity index (χ4v) is 3.40. The highest BCUT2D eigenvalue weighted by Gasteiger charge is 2.66. The van der Waals surface area contributed by atoms with Crippen molar-refractivity contribution in [3.63, 3.8) is 0 Å². The van der Waals surface area contributed by atoms with Crippen LogP contribution in [-0.4, -0.2) is 5.78 Å². The zero-order valence-electron chi connectivity index (χ0n) is 12.1. The summed E-state index contributed by atoms with van der Waals surface area (Å²) in [7, 11) is 0. The first-order valence-electron chi connectivity index (χ1n) is 6.82. The van der Waals surface area contributed by atoms with Gasteiger partial charge in [0.05, 0.1) is 0 Å². The summed E-state index contributed by atoms with van der Waals surface area (Å²) in [6.07, 6.45) is 7.17. The smallest absolute Gasteiger partial charge is 0.139 e. The Morgan fingerprint density at radius 2 is 1.88 bits per heavy atom. The molecule has 2 rings (SSSR count). The highest BCUT2D eigenvalue weighted by atomic mass is 16.1. The molecule has 0 spiro atoms. The van der Waals surface area contributed by atoms with Crippen LogP contribution < -0.4 is 0 Å². The molecule has 0 bridgehead atoms. The van der Waals surface area contributed by atoms with Gasteiger partial charge in [0.15, 0.2) is 0 Å². The van der Waals surface area contributed by atoms with E-state index in [1.165, 1.54) is 12.8 Å². The van der Waals surface area contributed by atoms with Crippen molar-refractivity contribution in [1.29, 1.82) is 0 Å². The molecule has 1 heteroatoms. The Morgan fingerprint density at radius 1 is 1.29 bits per heavy atom. The first-order valence-corrected chi connectivity index (χ1v) is 6.82. The van der Waals surface area contributed by atoms with Crippen molar-refractivity contribution in [2.75, 3.05) is 0 Å². The predicted molar refractivity (Wildman–Crippen MR) is 71.7 cm³/mol. The normalized spacial score (nSPS) is 39.4. The first kappa shape index (κ1) is 12.9. The molecule has 0 aromatic heterocycles. The quantitative estimate of drug-likeness (QED) is 0.668. The van der Waals surface area contributed by atoms with Crippen molar-refractivity contribution >= 4 is 5.78 Å². The molecule has 0 heterocycles. The van der Waals surface area contributed by atoms with E-state index in [-0.39, 0.29) is 11.2 Å². The van der Waals surface area contributed by atoms with Gasteiger partial charge >= 0.3 is 0 Å². The third-order valence-corrected chi connectivity index (χ3v) is 6.00. The molecule has 0 N–H and O–H groups in total. The Morgan fingerprint density at radius 3 is 2.29 bits per heavy atom. The topological polar surface area (TPSA) is 17.1 Å². The summed E-state index contributed by atoms with van der Waals surface area (Å²) in [5.74, 6) is 1.82. The molecule has 17 heavy (non-hydrogen) atoms. The molecule has 0 aromatic rings. The summed E-state index contributed by atoms with van der Waals surface area (Å²) < 4.78 is 0. The van der Waals surface area contributed by atoms with Crippen LogP contribution in [0.1, 0.15) is 54.4 Å². The third kappa shape index (κ3) is 1.78. The molecule has 0 aromatic carbocycles. The SMILES string of the molecule is CC(=O)C(C)(C)C=CC1CC2CC2(C)C1(C)C. The number of Topliss-reactive ketones (excluding diaryl/α,β-unsaturated/α-hetero) is 1. The lowest BCUT2D eigenvalue weighted by molar-refractivity contribution is -0.122. The van der Waals surface area contributed by atoms with Crippen molar-refractivity contribution in [1.82, 2.24) is 0 Å². The number of fused-ring (bicyclic) bond motifs is 1. The number of allylic oxidation sites excluding steroid dienone is 2. The standard InChI is InChI=1S/C16H26O/c1-11(17)14(2,3)8-7-12-9-13-10-16(13,6)15(12,4)5/h7-8,12-13H,9-10H2,1-6H3. The van der Waals surface area contributed by atoms with Crippen LogP contribution in [0.3, 0.4) is 0 Å². The summed E-state index contributed by atoms with van der Waals surface area (Å²) in [4.78, 5) is 11.5. The van der Waals surface area contributed by atoms with Crippen molar-refractivity contribution < 1.29 is 4.79 Å². The lowest BCUT2D eigenvalue weighted by Crippen LogP contribution is -2.27. The van der Waals surface area contributed by atoms with Crippen LogP contribution in [0, 0.1) is 28.1 Å². The molecule has 1 nitrogen and oxygen atoms in total. The molecule has 2 saturated carbocycles. The number of ketones is 1. The summed E-state index contributed by atoms with van der Waals surface area (Å²) >= 11 is 0. The summed E-state index contributed by atoms with van der Waals surface area (Å²) in [6.45, 7) is 12.9. The van der Waals surface area contributed by atoms with Crippen LogP contribution in [0.4, 0.5) is 0 Å². The molecule has 2 aliphatic carbocycles. The Labute approximate surface area is 106 Å². The molecular weight excluding hydrogens is 208 g/mol. The molecule has 2 fully saturated rings. The lowest BCUT2D eigenvalue weighted by Gasteiger charge is -2.34. The molecule has 0 aliphatic heterocycles. The van der Waals surface area contributed by atoms with E-state index in [0.29, 0.717) is 16.7 Å². The molecule has 0 amide bonds. The van der Waals surface area contributed by atoms with Crippen molar-refractivity contribution in [3.05, 3.63) is 12.2 Å². The molecular formula is C16H26O.